The summed E-state index contributed by atoms with van der Waals surface area (Å²) in [4.78, 5) is 14.3. The van der Waals surface area contributed by atoms with Gasteiger partial charge >= 0.3 is 0 Å². The lowest BCUT2D eigenvalue weighted by Gasteiger charge is -2.21. The van der Waals surface area contributed by atoms with E-state index in [4.69, 9.17) is 0 Å². The number of benzene rings is 2. The second kappa shape index (κ2) is 6.88. The first-order valence-electron chi connectivity index (χ1n) is 7.06. The van der Waals surface area contributed by atoms with Crippen molar-refractivity contribution < 1.29 is 9.18 Å². The summed E-state index contributed by atoms with van der Waals surface area (Å²) >= 11 is 0. The molecule has 2 aromatic rings. The van der Waals surface area contributed by atoms with Gasteiger partial charge in [0.05, 0.1) is 0 Å². The van der Waals surface area contributed by atoms with Gasteiger partial charge in [0.2, 0.25) is 0 Å². The Kier molecular flexibility index (Phi) is 4.93. The van der Waals surface area contributed by atoms with Crippen molar-refractivity contribution in [3.63, 3.8) is 0 Å². The molecule has 0 aliphatic rings. The molecule has 1 N–H and O–H groups in total. The smallest absolute Gasteiger partial charge is 0.255 e. The van der Waals surface area contributed by atoms with Gasteiger partial charge in [0.1, 0.15) is 5.82 Å². The molecule has 0 saturated heterocycles. The van der Waals surface area contributed by atoms with Crippen LogP contribution in [0.4, 0.5) is 15.8 Å². The van der Waals surface area contributed by atoms with E-state index in [1.165, 1.54) is 24.3 Å². The highest BCUT2D eigenvalue weighted by molar-refractivity contribution is 6.04. The number of carbonyl (C=O) groups excluding carboxylic acids is 1. The summed E-state index contributed by atoms with van der Waals surface area (Å²) in [7, 11) is 0. The molecule has 4 heteroatoms. The number of halogens is 1. The van der Waals surface area contributed by atoms with Crippen LogP contribution in [-0.4, -0.2) is 19.0 Å². The summed E-state index contributed by atoms with van der Waals surface area (Å²) in [5, 5.41) is 2.74. The van der Waals surface area contributed by atoms with Gasteiger partial charge in [-0.15, -0.1) is 0 Å². The minimum atomic E-state index is -0.323. The van der Waals surface area contributed by atoms with Crippen LogP contribution in [0.2, 0.25) is 0 Å². The number of carbonyl (C=O) groups is 1. The first kappa shape index (κ1) is 15.0. The zero-order valence-corrected chi connectivity index (χ0v) is 12.3. The predicted molar refractivity (Wildman–Crippen MR) is 84.4 cm³/mol. The van der Waals surface area contributed by atoms with Crippen molar-refractivity contribution in [2.24, 2.45) is 0 Å². The number of amides is 1. The molecule has 0 atom stereocenters. The van der Waals surface area contributed by atoms with Gasteiger partial charge in [0.25, 0.3) is 5.91 Å². The number of nitrogens with one attached hydrogen (secondary N) is 1. The average Bonchev–Trinajstić information content (AvgIpc) is 2.51. The maximum Gasteiger partial charge on any atom is 0.255 e. The van der Waals surface area contributed by atoms with Gasteiger partial charge in [-0.2, -0.15) is 0 Å². The van der Waals surface area contributed by atoms with Gasteiger partial charge in [-0.25, -0.2) is 4.39 Å². The number of hydrogen-bond acceptors (Lipinski definition) is 2. The van der Waals surface area contributed by atoms with Crippen LogP contribution in [0.25, 0.3) is 0 Å². The SMILES string of the molecule is CCN(CC)c1ccc(C(=O)Nc2ccc(F)cc2)cc1. The Labute approximate surface area is 124 Å². The van der Waals surface area contributed by atoms with Crippen molar-refractivity contribution in [1.29, 1.82) is 0 Å². The predicted octanol–water partition coefficient (Wildman–Crippen LogP) is 3.92. The van der Waals surface area contributed by atoms with Crippen LogP contribution in [0.3, 0.4) is 0 Å². The minimum absolute atomic E-state index is 0.201. The van der Waals surface area contributed by atoms with Crippen molar-refractivity contribution >= 4 is 17.3 Å². The number of nitrogens with zero attached hydrogens (tertiary/aromatic N) is 1. The van der Waals surface area contributed by atoms with Crippen LogP contribution in [0.5, 0.6) is 0 Å². The first-order chi connectivity index (χ1) is 10.1. The molecule has 21 heavy (non-hydrogen) atoms. The summed E-state index contributed by atoms with van der Waals surface area (Å²) < 4.78 is 12.8. The van der Waals surface area contributed by atoms with Crippen LogP contribution in [0, 0.1) is 5.82 Å². The van der Waals surface area contributed by atoms with Crippen molar-refractivity contribution in [3.8, 4) is 0 Å². The fourth-order valence-corrected chi connectivity index (χ4v) is 2.15. The Balaban J connectivity index is 2.07. The van der Waals surface area contributed by atoms with E-state index < -0.39 is 0 Å². The molecule has 0 aliphatic heterocycles. The van der Waals surface area contributed by atoms with E-state index in [0.717, 1.165) is 18.8 Å². The maximum absolute atomic E-state index is 12.8. The number of anilines is 2. The molecule has 2 rings (SSSR count). The molecule has 0 aromatic heterocycles. The van der Waals surface area contributed by atoms with E-state index in [-0.39, 0.29) is 11.7 Å². The highest BCUT2D eigenvalue weighted by Crippen LogP contribution is 2.16. The topological polar surface area (TPSA) is 32.3 Å². The Bertz CT molecular complexity index is 589. The molecule has 0 spiro atoms. The molecule has 0 fully saturated rings. The number of rotatable bonds is 5. The van der Waals surface area contributed by atoms with E-state index in [1.54, 1.807) is 12.1 Å². The van der Waals surface area contributed by atoms with Crippen LogP contribution < -0.4 is 10.2 Å². The molecule has 110 valence electrons. The molecule has 1 amide bonds. The molecular weight excluding hydrogens is 267 g/mol. The first-order valence-corrected chi connectivity index (χ1v) is 7.06. The second-order valence-electron chi connectivity index (χ2n) is 4.68. The highest BCUT2D eigenvalue weighted by atomic mass is 19.1. The molecular formula is C17H19FN2O. The largest absolute Gasteiger partial charge is 0.372 e. The van der Waals surface area contributed by atoms with Crippen molar-refractivity contribution in [2.75, 3.05) is 23.3 Å². The van der Waals surface area contributed by atoms with E-state index >= 15 is 0 Å². The quantitative estimate of drug-likeness (QED) is 0.903. The summed E-state index contributed by atoms with van der Waals surface area (Å²) in [6.07, 6.45) is 0. The summed E-state index contributed by atoms with van der Waals surface area (Å²) in [5.74, 6) is -0.524. The summed E-state index contributed by atoms with van der Waals surface area (Å²) in [5.41, 5.74) is 2.25. The Hall–Kier alpha value is -2.36. The molecule has 3 nitrogen and oxygen atoms in total. The third-order valence-electron chi connectivity index (χ3n) is 3.36. The Morgan fingerprint density at radius 1 is 1.00 bits per heavy atom. The van der Waals surface area contributed by atoms with Crippen LogP contribution in [0.15, 0.2) is 48.5 Å². The zero-order valence-electron chi connectivity index (χ0n) is 12.3. The van der Waals surface area contributed by atoms with Gasteiger partial charge in [-0.1, -0.05) is 0 Å². The van der Waals surface area contributed by atoms with Crippen molar-refractivity contribution in [1.82, 2.24) is 0 Å². The minimum Gasteiger partial charge on any atom is -0.372 e. The third kappa shape index (κ3) is 3.81. The van der Waals surface area contributed by atoms with E-state index in [2.05, 4.69) is 24.1 Å². The highest BCUT2D eigenvalue weighted by Gasteiger charge is 2.07. The Morgan fingerprint density at radius 2 is 1.57 bits per heavy atom. The monoisotopic (exact) mass is 286 g/mol. The second-order valence-corrected chi connectivity index (χ2v) is 4.68. The third-order valence-corrected chi connectivity index (χ3v) is 3.36. The molecule has 0 bridgehead atoms. The van der Waals surface area contributed by atoms with Crippen molar-refractivity contribution in [2.45, 2.75) is 13.8 Å². The lowest BCUT2D eigenvalue weighted by molar-refractivity contribution is 0.102. The van der Waals surface area contributed by atoms with E-state index in [1.807, 2.05) is 12.1 Å². The summed E-state index contributed by atoms with van der Waals surface area (Å²) in [6, 6.07) is 13.2. The van der Waals surface area contributed by atoms with Gasteiger partial charge in [0.15, 0.2) is 0 Å². The van der Waals surface area contributed by atoms with Gasteiger partial charge in [-0.05, 0) is 62.4 Å². The Morgan fingerprint density at radius 3 is 2.10 bits per heavy atom. The van der Waals surface area contributed by atoms with Crippen molar-refractivity contribution in [3.05, 3.63) is 59.9 Å². The van der Waals surface area contributed by atoms with Gasteiger partial charge in [0, 0.05) is 30.0 Å². The van der Waals surface area contributed by atoms with Gasteiger partial charge < -0.3 is 10.2 Å². The molecule has 0 aliphatic carbocycles. The normalized spacial score (nSPS) is 10.2. The maximum atomic E-state index is 12.8. The van der Waals surface area contributed by atoms with Crippen LogP contribution in [-0.2, 0) is 0 Å². The average molecular weight is 286 g/mol. The lowest BCUT2D eigenvalue weighted by atomic mass is 10.1. The molecule has 0 heterocycles. The van der Waals surface area contributed by atoms with Crippen LogP contribution >= 0.6 is 0 Å². The fraction of sp³-hybridized carbons (Fsp3) is 0.235. The molecule has 0 saturated carbocycles. The van der Waals surface area contributed by atoms with E-state index in [0.29, 0.717) is 11.3 Å². The number of hydrogen-bond donors (Lipinski definition) is 1. The molecule has 0 unspecified atom stereocenters. The van der Waals surface area contributed by atoms with Gasteiger partial charge in [-0.3, -0.25) is 4.79 Å². The van der Waals surface area contributed by atoms with Crippen LogP contribution in [0.1, 0.15) is 24.2 Å². The lowest BCUT2D eigenvalue weighted by Crippen LogP contribution is -2.21. The fourth-order valence-electron chi connectivity index (χ4n) is 2.15. The zero-order chi connectivity index (χ0) is 15.2. The van der Waals surface area contributed by atoms with E-state index in [9.17, 15) is 9.18 Å². The molecule has 2 aromatic carbocycles. The molecule has 0 radical (unpaired) electrons. The summed E-state index contributed by atoms with van der Waals surface area (Å²) in [6.45, 7) is 6.05. The standard InChI is InChI=1S/C17H19FN2O/c1-3-20(4-2)16-11-5-13(6-12-16)17(21)19-15-9-7-14(18)8-10-15/h5-12H,3-4H2,1-2H3,(H,19,21).